The molecule has 0 amide bonds. The van der Waals surface area contributed by atoms with Gasteiger partial charge in [-0.05, 0) is 67.4 Å². The Morgan fingerprint density at radius 2 is 1.93 bits per heavy atom. The maximum Gasteiger partial charge on any atom is 0.128 e. The first-order valence-electron chi connectivity index (χ1n) is 10.4. The summed E-state index contributed by atoms with van der Waals surface area (Å²) in [5.41, 5.74) is -0.159. The second-order valence-electron chi connectivity index (χ2n) is 8.91. The van der Waals surface area contributed by atoms with Crippen molar-refractivity contribution in [3.8, 4) is 24.7 Å². The fraction of sp³-hybridized carbons (Fsp3) is 0.680. The van der Waals surface area contributed by atoms with Gasteiger partial charge in [0.2, 0.25) is 0 Å². The molecule has 6 atom stereocenters. The first kappa shape index (κ1) is 21.7. The van der Waals surface area contributed by atoms with Gasteiger partial charge in [0, 0.05) is 18.3 Å². The second kappa shape index (κ2) is 7.77. The summed E-state index contributed by atoms with van der Waals surface area (Å²) < 4.78 is 0. The molecule has 1 fully saturated rings. The van der Waals surface area contributed by atoms with Crippen LogP contribution in [0.2, 0.25) is 0 Å². The van der Waals surface area contributed by atoms with E-state index in [0.717, 1.165) is 32.1 Å². The number of hydrogen-bond acceptors (Lipinski definition) is 2. The molecule has 3 aliphatic carbocycles. The highest BCUT2D eigenvalue weighted by Gasteiger charge is 2.58. The van der Waals surface area contributed by atoms with Crippen LogP contribution in [0, 0.1) is 53.3 Å². The van der Waals surface area contributed by atoms with Crippen LogP contribution in [-0.2, 0) is 0 Å². The van der Waals surface area contributed by atoms with Crippen molar-refractivity contribution in [3.63, 3.8) is 0 Å². The molecular weight excluding hydrogens is 332 g/mol. The van der Waals surface area contributed by atoms with Gasteiger partial charge >= 0.3 is 0 Å². The SMILES string of the molecule is C#CCC1C2CC=C3C=C(O)CCC3(C)C2CCC1(C)C(C)(O)C#C.CC. The zero-order valence-corrected chi connectivity index (χ0v) is 17.7. The molecule has 27 heavy (non-hydrogen) atoms. The first-order valence-corrected chi connectivity index (χ1v) is 10.4. The van der Waals surface area contributed by atoms with E-state index >= 15 is 0 Å². The van der Waals surface area contributed by atoms with E-state index in [0.29, 0.717) is 24.0 Å². The van der Waals surface area contributed by atoms with Crippen LogP contribution >= 0.6 is 0 Å². The zero-order valence-electron chi connectivity index (χ0n) is 17.7. The third-order valence-corrected chi connectivity index (χ3v) is 7.87. The van der Waals surface area contributed by atoms with Gasteiger partial charge in [-0.15, -0.1) is 18.8 Å². The van der Waals surface area contributed by atoms with E-state index in [-0.39, 0.29) is 16.7 Å². The Balaban J connectivity index is 0.00000126. The van der Waals surface area contributed by atoms with E-state index in [2.05, 4.69) is 31.8 Å². The van der Waals surface area contributed by atoms with E-state index in [4.69, 9.17) is 12.8 Å². The van der Waals surface area contributed by atoms with Crippen LogP contribution in [0.5, 0.6) is 0 Å². The normalized spacial score (nSPS) is 39.6. The van der Waals surface area contributed by atoms with Gasteiger partial charge in [0.25, 0.3) is 0 Å². The molecule has 0 spiro atoms. The van der Waals surface area contributed by atoms with Crippen molar-refractivity contribution in [2.45, 2.75) is 78.7 Å². The fourth-order valence-electron chi connectivity index (χ4n) is 5.90. The summed E-state index contributed by atoms with van der Waals surface area (Å²) in [6.45, 7) is 10.2. The Morgan fingerprint density at radius 1 is 1.26 bits per heavy atom. The molecule has 0 aromatic carbocycles. The quantitative estimate of drug-likeness (QED) is 0.619. The molecule has 3 rings (SSSR count). The Bertz CT molecular complexity index is 699. The van der Waals surface area contributed by atoms with Gasteiger partial charge in [-0.2, -0.15) is 0 Å². The van der Waals surface area contributed by atoms with Crippen LogP contribution in [0.1, 0.15) is 73.1 Å². The number of allylic oxidation sites excluding steroid dienone is 4. The smallest absolute Gasteiger partial charge is 0.128 e. The monoisotopic (exact) mass is 368 g/mol. The lowest BCUT2D eigenvalue weighted by molar-refractivity contribution is -0.122. The van der Waals surface area contributed by atoms with E-state index < -0.39 is 5.60 Å². The summed E-state index contributed by atoms with van der Waals surface area (Å²) in [7, 11) is 0. The molecule has 6 unspecified atom stereocenters. The number of fused-ring (bicyclic) bond motifs is 3. The highest BCUT2D eigenvalue weighted by atomic mass is 16.3. The molecule has 3 aliphatic rings. The van der Waals surface area contributed by atoms with Crippen molar-refractivity contribution in [1.82, 2.24) is 0 Å². The standard InChI is InChI=1S/C23H30O2.C2H6/c1-6-8-20-18-10-9-16-15-17(24)11-13-21(16,3)19(18)12-14-22(20,4)23(5,25)7-2;1-2/h1-2,9,15,18-20,24-25H,8,10-14H2,3-5H3;1-2H3. The lowest BCUT2D eigenvalue weighted by Gasteiger charge is -2.59. The van der Waals surface area contributed by atoms with Crippen molar-refractivity contribution in [2.75, 3.05) is 0 Å². The summed E-state index contributed by atoms with van der Waals surface area (Å²) in [5.74, 6) is 7.15. The topological polar surface area (TPSA) is 40.5 Å². The van der Waals surface area contributed by atoms with E-state index in [1.54, 1.807) is 6.92 Å². The maximum absolute atomic E-state index is 11.0. The predicted molar refractivity (Wildman–Crippen MR) is 113 cm³/mol. The molecule has 0 aromatic heterocycles. The zero-order chi connectivity index (χ0) is 20.5. The average Bonchev–Trinajstić information content (AvgIpc) is 2.66. The van der Waals surface area contributed by atoms with E-state index in [1.165, 1.54) is 5.57 Å². The summed E-state index contributed by atoms with van der Waals surface area (Å²) in [5, 5.41) is 20.9. The highest BCUT2D eigenvalue weighted by molar-refractivity contribution is 5.36. The Hall–Kier alpha value is -1.64. The van der Waals surface area contributed by atoms with E-state index in [9.17, 15) is 10.2 Å². The lowest BCUT2D eigenvalue weighted by atomic mass is 9.45. The fourth-order valence-corrected chi connectivity index (χ4v) is 5.90. The van der Waals surface area contributed by atoms with Crippen LogP contribution in [0.4, 0.5) is 0 Å². The van der Waals surface area contributed by atoms with Crippen LogP contribution in [0.15, 0.2) is 23.5 Å². The molecule has 0 aromatic rings. The van der Waals surface area contributed by atoms with Crippen LogP contribution in [-0.4, -0.2) is 15.8 Å². The molecule has 2 nitrogen and oxygen atoms in total. The van der Waals surface area contributed by atoms with Crippen LogP contribution < -0.4 is 0 Å². The maximum atomic E-state index is 11.0. The molecule has 1 saturated carbocycles. The van der Waals surface area contributed by atoms with Gasteiger partial charge in [0.05, 0.1) is 5.76 Å². The summed E-state index contributed by atoms with van der Waals surface area (Å²) in [6, 6.07) is 0. The molecule has 2 heteroatoms. The average molecular weight is 369 g/mol. The lowest BCUT2D eigenvalue weighted by Crippen LogP contribution is -2.57. The minimum atomic E-state index is -1.16. The van der Waals surface area contributed by atoms with Crippen LogP contribution in [0.3, 0.4) is 0 Å². The summed E-state index contributed by atoms with van der Waals surface area (Å²) >= 11 is 0. The van der Waals surface area contributed by atoms with Crippen molar-refractivity contribution in [1.29, 1.82) is 0 Å². The van der Waals surface area contributed by atoms with Gasteiger partial charge < -0.3 is 10.2 Å². The van der Waals surface area contributed by atoms with Crippen molar-refractivity contribution in [3.05, 3.63) is 23.5 Å². The Labute approximate surface area is 166 Å². The molecule has 0 heterocycles. The summed E-state index contributed by atoms with van der Waals surface area (Å²) in [6.07, 6.45) is 20.9. The second-order valence-corrected chi connectivity index (χ2v) is 8.91. The predicted octanol–water partition coefficient (Wildman–Crippen LogP) is 5.64. The minimum absolute atomic E-state index is 0.0886. The van der Waals surface area contributed by atoms with Gasteiger partial charge in [0.1, 0.15) is 5.60 Å². The Morgan fingerprint density at radius 3 is 2.52 bits per heavy atom. The Kier molecular flexibility index (Phi) is 6.23. The molecule has 2 N–H and O–H groups in total. The number of terminal acetylenes is 2. The molecule has 0 bridgehead atoms. The number of aliphatic hydroxyl groups is 2. The minimum Gasteiger partial charge on any atom is -0.512 e. The van der Waals surface area contributed by atoms with Crippen molar-refractivity contribution >= 4 is 0 Å². The highest BCUT2D eigenvalue weighted by Crippen LogP contribution is 2.63. The number of hydrogen-bond donors (Lipinski definition) is 2. The van der Waals surface area contributed by atoms with Crippen LogP contribution in [0.25, 0.3) is 0 Å². The van der Waals surface area contributed by atoms with Crippen molar-refractivity contribution in [2.24, 2.45) is 28.6 Å². The van der Waals surface area contributed by atoms with E-state index in [1.807, 2.05) is 19.9 Å². The molecular formula is C25H36O2. The third kappa shape index (κ3) is 3.34. The van der Waals surface area contributed by atoms with Gasteiger partial charge in [-0.25, -0.2) is 0 Å². The molecule has 0 saturated heterocycles. The first-order chi connectivity index (χ1) is 12.7. The molecule has 148 valence electrons. The van der Waals surface area contributed by atoms with Gasteiger partial charge in [-0.1, -0.05) is 39.7 Å². The van der Waals surface area contributed by atoms with Gasteiger partial charge in [0.15, 0.2) is 0 Å². The third-order valence-electron chi connectivity index (χ3n) is 7.87. The van der Waals surface area contributed by atoms with Gasteiger partial charge in [-0.3, -0.25) is 0 Å². The number of rotatable bonds is 2. The largest absolute Gasteiger partial charge is 0.512 e. The van der Waals surface area contributed by atoms with Crippen molar-refractivity contribution < 1.29 is 10.2 Å². The number of aliphatic hydroxyl groups excluding tert-OH is 1. The summed E-state index contributed by atoms with van der Waals surface area (Å²) in [4.78, 5) is 0. The molecule has 0 aliphatic heterocycles. The molecule has 0 radical (unpaired) electrons.